The second-order valence-electron chi connectivity index (χ2n) is 7.51. The monoisotopic (exact) mass is 434 g/mol. The van der Waals surface area contributed by atoms with Gasteiger partial charge in [-0.3, -0.25) is 9.69 Å². The number of anilines is 2. The van der Waals surface area contributed by atoms with Gasteiger partial charge in [-0.05, 0) is 48.7 Å². The van der Waals surface area contributed by atoms with Crippen molar-refractivity contribution in [2.24, 2.45) is 0 Å². The number of carbonyl (C=O) groups is 2. The molecule has 0 aliphatic carbocycles. The van der Waals surface area contributed by atoms with Crippen LogP contribution in [0.25, 0.3) is 0 Å². The number of rotatable bonds is 5. The van der Waals surface area contributed by atoms with Crippen molar-refractivity contribution < 1.29 is 9.59 Å². The Morgan fingerprint density at radius 1 is 1.10 bits per heavy atom. The lowest BCUT2D eigenvalue weighted by Crippen LogP contribution is -2.49. The fourth-order valence-corrected chi connectivity index (χ4v) is 3.89. The van der Waals surface area contributed by atoms with Gasteiger partial charge in [-0.2, -0.15) is 0 Å². The predicted molar refractivity (Wildman–Crippen MR) is 123 cm³/mol. The van der Waals surface area contributed by atoms with Gasteiger partial charge in [-0.15, -0.1) is 0 Å². The Morgan fingerprint density at radius 3 is 2.68 bits per heavy atom. The number of hydrogen-bond donors (Lipinski definition) is 1. The van der Waals surface area contributed by atoms with Crippen molar-refractivity contribution in [2.75, 3.05) is 23.3 Å². The van der Waals surface area contributed by atoms with Crippen molar-refractivity contribution in [1.82, 2.24) is 9.88 Å². The molecule has 1 aromatic heterocycles. The summed E-state index contributed by atoms with van der Waals surface area (Å²) in [5.74, 6) is -0.365. The van der Waals surface area contributed by atoms with Crippen LogP contribution in [-0.2, 0) is 6.54 Å². The van der Waals surface area contributed by atoms with Gasteiger partial charge in [0.15, 0.2) is 0 Å². The maximum Gasteiger partial charge on any atom is 0.324 e. The van der Waals surface area contributed by atoms with Crippen LogP contribution < -0.4 is 10.2 Å². The average molecular weight is 435 g/mol. The van der Waals surface area contributed by atoms with Gasteiger partial charge in [0.2, 0.25) is 0 Å². The van der Waals surface area contributed by atoms with E-state index in [1.165, 1.54) is 6.20 Å². The number of hydrogen-bond acceptors (Lipinski definition) is 3. The van der Waals surface area contributed by atoms with Crippen LogP contribution in [-0.4, -0.2) is 34.9 Å². The third kappa shape index (κ3) is 4.70. The standard InChI is InChI=1S/C24H23ClN4O2/c1-17-10-11-21(20(15-17)27-23(30)19-9-5-12-26-22(19)25)29-14-6-13-28(24(29)31)16-18-7-3-2-4-8-18/h2-5,7-12,15H,6,13-14,16H2,1H3,(H,27,30). The minimum atomic E-state index is -0.365. The van der Waals surface area contributed by atoms with Crippen LogP contribution in [0.4, 0.5) is 16.2 Å². The second-order valence-corrected chi connectivity index (χ2v) is 7.87. The predicted octanol–water partition coefficient (Wildman–Crippen LogP) is 5.13. The van der Waals surface area contributed by atoms with Gasteiger partial charge >= 0.3 is 6.03 Å². The summed E-state index contributed by atoms with van der Waals surface area (Å²) in [6, 6.07) is 18.8. The molecule has 3 amide bonds. The van der Waals surface area contributed by atoms with Gasteiger partial charge in [0.05, 0.1) is 16.9 Å². The normalized spacial score (nSPS) is 13.9. The van der Waals surface area contributed by atoms with Crippen LogP contribution in [0, 0.1) is 6.92 Å². The van der Waals surface area contributed by atoms with Crippen molar-refractivity contribution in [1.29, 1.82) is 0 Å². The van der Waals surface area contributed by atoms with Crippen molar-refractivity contribution in [3.63, 3.8) is 0 Å². The van der Waals surface area contributed by atoms with Crippen molar-refractivity contribution in [3.05, 3.63) is 88.7 Å². The minimum Gasteiger partial charge on any atom is -0.320 e. The molecule has 0 atom stereocenters. The van der Waals surface area contributed by atoms with E-state index < -0.39 is 0 Å². The molecular weight excluding hydrogens is 412 g/mol. The summed E-state index contributed by atoms with van der Waals surface area (Å²) >= 11 is 6.08. The Balaban J connectivity index is 1.59. The molecule has 2 heterocycles. The van der Waals surface area contributed by atoms with E-state index in [2.05, 4.69) is 10.3 Å². The number of carbonyl (C=O) groups excluding carboxylic acids is 2. The molecule has 0 spiro atoms. The number of aromatic nitrogens is 1. The molecule has 158 valence electrons. The minimum absolute atomic E-state index is 0.0751. The van der Waals surface area contributed by atoms with E-state index in [1.54, 1.807) is 17.0 Å². The van der Waals surface area contributed by atoms with E-state index in [1.807, 2.05) is 60.4 Å². The zero-order valence-electron chi connectivity index (χ0n) is 17.2. The molecule has 0 bridgehead atoms. The van der Waals surface area contributed by atoms with Crippen LogP contribution in [0.2, 0.25) is 5.15 Å². The fraction of sp³-hybridized carbons (Fsp3) is 0.208. The molecule has 4 rings (SSSR count). The summed E-state index contributed by atoms with van der Waals surface area (Å²) in [7, 11) is 0. The van der Waals surface area contributed by atoms with Gasteiger partial charge in [-0.25, -0.2) is 9.78 Å². The second kappa shape index (κ2) is 9.18. The summed E-state index contributed by atoms with van der Waals surface area (Å²) in [6.45, 7) is 3.78. The maximum atomic E-state index is 13.3. The third-order valence-corrected chi connectivity index (χ3v) is 5.52. The Bertz CT molecular complexity index is 1100. The van der Waals surface area contributed by atoms with Crippen LogP contribution in [0.1, 0.15) is 27.9 Å². The molecule has 1 saturated heterocycles. The first-order chi connectivity index (χ1) is 15.0. The Labute approximate surface area is 186 Å². The summed E-state index contributed by atoms with van der Waals surface area (Å²) in [4.78, 5) is 33.6. The molecule has 1 N–H and O–H groups in total. The Hall–Kier alpha value is -3.38. The molecule has 2 aromatic carbocycles. The first kappa shape index (κ1) is 20.9. The smallest absolute Gasteiger partial charge is 0.320 e. The topological polar surface area (TPSA) is 65.5 Å². The molecule has 7 heteroatoms. The van der Waals surface area contributed by atoms with Crippen molar-refractivity contribution >= 4 is 34.9 Å². The van der Waals surface area contributed by atoms with E-state index in [0.29, 0.717) is 31.0 Å². The van der Waals surface area contributed by atoms with Gasteiger partial charge < -0.3 is 10.2 Å². The molecule has 3 aromatic rings. The summed E-state index contributed by atoms with van der Waals surface area (Å²) < 4.78 is 0. The van der Waals surface area contributed by atoms with Crippen LogP contribution >= 0.6 is 11.6 Å². The number of nitrogens with one attached hydrogen (secondary N) is 1. The highest BCUT2D eigenvalue weighted by Crippen LogP contribution is 2.31. The summed E-state index contributed by atoms with van der Waals surface area (Å²) in [5, 5.41) is 3.05. The van der Waals surface area contributed by atoms with E-state index in [4.69, 9.17) is 11.6 Å². The number of pyridine rings is 1. The zero-order chi connectivity index (χ0) is 21.8. The highest BCUT2D eigenvalue weighted by molar-refractivity contribution is 6.33. The third-order valence-electron chi connectivity index (χ3n) is 5.22. The van der Waals surface area contributed by atoms with E-state index in [0.717, 1.165) is 17.5 Å². The number of aryl methyl sites for hydroxylation is 1. The largest absolute Gasteiger partial charge is 0.324 e. The molecule has 0 saturated carbocycles. The number of nitrogens with zero attached hydrogens (tertiary/aromatic N) is 3. The van der Waals surface area contributed by atoms with Gasteiger partial charge in [0, 0.05) is 25.8 Å². The van der Waals surface area contributed by atoms with Crippen molar-refractivity contribution in [3.8, 4) is 0 Å². The quantitative estimate of drug-likeness (QED) is 0.566. The number of halogens is 1. The zero-order valence-corrected chi connectivity index (χ0v) is 18.0. The molecule has 6 nitrogen and oxygen atoms in total. The lowest BCUT2D eigenvalue weighted by molar-refractivity contribution is 0.102. The van der Waals surface area contributed by atoms with Crippen molar-refractivity contribution in [2.45, 2.75) is 19.9 Å². The highest BCUT2D eigenvalue weighted by Gasteiger charge is 2.29. The molecule has 1 aliphatic heterocycles. The Morgan fingerprint density at radius 2 is 1.90 bits per heavy atom. The molecule has 0 unspecified atom stereocenters. The van der Waals surface area contributed by atoms with E-state index in [9.17, 15) is 9.59 Å². The fourth-order valence-electron chi connectivity index (χ4n) is 3.69. The number of urea groups is 1. The van der Waals surface area contributed by atoms with Crippen LogP contribution in [0.3, 0.4) is 0 Å². The highest BCUT2D eigenvalue weighted by atomic mass is 35.5. The SMILES string of the molecule is Cc1ccc(N2CCCN(Cc3ccccc3)C2=O)c(NC(=O)c2cccnc2Cl)c1. The molecular formula is C24H23ClN4O2. The average Bonchev–Trinajstić information content (AvgIpc) is 2.77. The van der Waals surface area contributed by atoms with Crippen LogP contribution in [0.5, 0.6) is 0 Å². The van der Waals surface area contributed by atoms with Gasteiger partial charge in [-0.1, -0.05) is 48.0 Å². The molecule has 1 aliphatic rings. The number of amides is 3. The molecule has 0 radical (unpaired) electrons. The van der Waals surface area contributed by atoms with E-state index >= 15 is 0 Å². The summed E-state index contributed by atoms with van der Waals surface area (Å²) in [6.07, 6.45) is 2.37. The number of benzene rings is 2. The van der Waals surface area contributed by atoms with Gasteiger partial charge in [0.25, 0.3) is 5.91 Å². The first-order valence-corrected chi connectivity index (χ1v) is 10.5. The van der Waals surface area contributed by atoms with Gasteiger partial charge in [0.1, 0.15) is 5.15 Å². The lowest BCUT2D eigenvalue weighted by Gasteiger charge is -2.36. The maximum absolute atomic E-state index is 13.3. The lowest BCUT2D eigenvalue weighted by atomic mass is 10.1. The van der Waals surface area contributed by atoms with E-state index in [-0.39, 0.29) is 22.7 Å². The van der Waals surface area contributed by atoms with Crippen LogP contribution in [0.15, 0.2) is 66.9 Å². The molecule has 1 fully saturated rings. The molecule has 31 heavy (non-hydrogen) atoms. The summed E-state index contributed by atoms with van der Waals surface area (Å²) in [5.41, 5.74) is 3.58. The first-order valence-electron chi connectivity index (χ1n) is 10.2. The Kier molecular flexibility index (Phi) is 6.18.